The second-order valence-corrected chi connectivity index (χ2v) is 4.20. The highest BCUT2D eigenvalue weighted by Gasteiger charge is 1.94. The van der Waals surface area contributed by atoms with Crippen LogP contribution in [0.15, 0.2) is 23.7 Å². The quantitative estimate of drug-likeness (QED) is 0.426. The molecular formula is C11H21N5. The summed E-state index contributed by atoms with van der Waals surface area (Å²) in [6.45, 7) is 6.81. The lowest BCUT2D eigenvalue weighted by Crippen LogP contribution is -2.33. The normalized spacial score (nSPS) is 12.1. The SMILES string of the molecule is CC(C)CN=C(N)NCCCn1ccnc1. The summed E-state index contributed by atoms with van der Waals surface area (Å²) in [5.41, 5.74) is 5.70. The second-order valence-electron chi connectivity index (χ2n) is 4.20. The van der Waals surface area contributed by atoms with E-state index in [2.05, 4.69) is 29.1 Å². The average Bonchev–Trinajstić information content (AvgIpc) is 2.74. The number of hydrogen-bond acceptors (Lipinski definition) is 2. The van der Waals surface area contributed by atoms with Crippen molar-refractivity contribution in [3.63, 3.8) is 0 Å². The first kappa shape index (κ1) is 12.5. The fourth-order valence-corrected chi connectivity index (χ4v) is 1.23. The number of nitrogens with two attached hydrogens (primary N) is 1. The molecule has 90 valence electrons. The van der Waals surface area contributed by atoms with Crippen molar-refractivity contribution in [1.29, 1.82) is 0 Å². The molecule has 3 N–H and O–H groups in total. The number of aromatic nitrogens is 2. The number of aryl methyl sites for hydroxylation is 1. The second kappa shape index (κ2) is 6.87. The van der Waals surface area contributed by atoms with Crippen molar-refractivity contribution in [1.82, 2.24) is 14.9 Å². The molecular weight excluding hydrogens is 202 g/mol. The van der Waals surface area contributed by atoms with Crippen LogP contribution >= 0.6 is 0 Å². The smallest absolute Gasteiger partial charge is 0.188 e. The number of hydrogen-bond donors (Lipinski definition) is 2. The van der Waals surface area contributed by atoms with Gasteiger partial charge in [0.1, 0.15) is 0 Å². The van der Waals surface area contributed by atoms with Gasteiger partial charge < -0.3 is 15.6 Å². The standard InChI is InChI=1S/C11H21N5/c1-10(2)8-15-11(12)14-4-3-6-16-7-5-13-9-16/h5,7,9-10H,3-4,6,8H2,1-2H3,(H3,12,14,15). The van der Waals surface area contributed by atoms with E-state index in [9.17, 15) is 0 Å². The van der Waals surface area contributed by atoms with Gasteiger partial charge >= 0.3 is 0 Å². The van der Waals surface area contributed by atoms with Crippen LogP contribution < -0.4 is 11.1 Å². The number of aliphatic imine (C=N–C) groups is 1. The van der Waals surface area contributed by atoms with Crippen LogP contribution in [0.5, 0.6) is 0 Å². The van der Waals surface area contributed by atoms with E-state index >= 15 is 0 Å². The molecule has 0 saturated carbocycles. The molecule has 0 aliphatic heterocycles. The van der Waals surface area contributed by atoms with Gasteiger partial charge in [-0.2, -0.15) is 0 Å². The molecule has 5 nitrogen and oxygen atoms in total. The Labute approximate surface area is 96.8 Å². The highest BCUT2D eigenvalue weighted by molar-refractivity contribution is 5.77. The molecule has 0 aromatic carbocycles. The Morgan fingerprint density at radius 3 is 3.00 bits per heavy atom. The van der Waals surface area contributed by atoms with Crippen LogP contribution in [0.4, 0.5) is 0 Å². The van der Waals surface area contributed by atoms with Crippen molar-refractivity contribution in [3.05, 3.63) is 18.7 Å². The van der Waals surface area contributed by atoms with Gasteiger partial charge in [-0.05, 0) is 12.3 Å². The lowest BCUT2D eigenvalue weighted by Gasteiger charge is -2.06. The molecule has 0 radical (unpaired) electrons. The number of guanidine groups is 1. The van der Waals surface area contributed by atoms with Crippen LogP contribution in [0.25, 0.3) is 0 Å². The average molecular weight is 223 g/mol. The summed E-state index contributed by atoms with van der Waals surface area (Å²) in [7, 11) is 0. The first-order valence-corrected chi connectivity index (χ1v) is 5.68. The molecule has 0 fully saturated rings. The van der Waals surface area contributed by atoms with Crippen molar-refractivity contribution < 1.29 is 0 Å². The Balaban J connectivity index is 2.08. The molecule has 1 aromatic heterocycles. The fraction of sp³-hybridized carbons (Fsp3) is 0.636. The minimum Gasteiger partial charge on any atom is -0.370 e. The van der Waals surface area contributed by atoms with E-state index in [1.165, 1.54) is 0 Å². The molecule has 0 atom stereocenters. The predicted octanol–water partition coefficient (Wildman–Crippen LogP) is 0.834. The summed E-state index contributed by atoms with van der Waals surface area (Å²) >= 11 is 0. The molecule has 0 unspecified atom stereocenters. The molecule has 0 aliphatic rings. The molecule has 0 aliphatic carbocycles. The first-order valence-electron chi connectivity index (χ1n) is 5.68. The lowest BCUT2D eigenvalue weighted by atomic mass is 10.2. The summed E-state index contributed by atoms with van der Waals surface area (Å²) in [4.78, 5) is 8.20. The third kappa shape index (κ3) is 5.38. The summed E-state index contributed by atoms with van der Waals surface area (Å²) in [6.07, 6.45) is 6.56. The predicted molar refractivity (Wildman–Crippen MR) is 66.2 cm³/mol. The van der Waals surface area contributed by atoms with E-state index in [0.717, 1.165) is 26.1 Å². The van der Waals surface area contributed by atoms with Crippen molar-refractivity contribution in [2.24, 2.45) is 16.6 Å². The van der Waals surface area contributed by atoms with Gasteiger partial charge in [0.15, 0.2) is 5.96 Å². The maximum atomic E-state index is 5.70. The minimum absolute atomic E-state index is 0.541. The maximum Gasteiger partial charge on any atom is 0.188 e. The first-order chi connectivity index (χ1) is 7.68. The van der Waals surface area contributed by atoms with Gasteiger partial charge in [-0.1, -0.05) is 13.8 Å². The Bertz CT molecular complexity index is 302. The van der Waals surface area contributed by atoms with E-state index in [-0.39, 0.29) is 0 Å². The third-order valence-electron chi connectivity index (χ3n) is 2.09. The van der Waals surface area contributed by atoms with Gasteiger partial charge in [-0.15, -0.1) is 0 Å². The van der Waals surface area contributed by atoms with Crippen LogP contribution in [-0.4, -0.2) is 28.6 Å². The van der Waals surface area contributed by atoms with Gasteiger partial charge in [-0.3, -0.25) is 4.99 Å². The summed E-state index contributed by atoms with van der Waals surface area (Å²) in [6, 6.07) is 0. The molecule has 1 aromatic rings. The molecule has 1 heterocycles. The van der Waals surface area contributed by atoms with E-state index in [0.29, 0.717) is 11.9 Å². The topological polar surface area (TPSA) is 68.2 Å². The Kier molecular flexibility index (Phi) is 5.39. The van der Waals surface area contributed by atoms with Crippen molar-refractivity contribution in [2.45, 2.75) is 26.8 Å². The zero-order valence-electron chi connectivity index (χ0n) is 10.1. The van der Waals surface area contributed by atoms with Crippen LogP contribution in [-0.2, 0) is 6.54 Å². The van der Waals surface area contributed by atoms with Gasteiger partial charge in [0, 0.05) is 32.0 Å². The summed E-state index contributed by atoms with van der Waals surface area (Å²) in [5.74, 6) is 1.09. The molecule has 0 spiro atoms. The fourth-order valence-electron chi connectivity index (χ4n) is 1.23. The highest BCUT2D eigenvalue weighted by atomic mass is 15.1. The third-order valence-corrected chi connectivity index (χ3v) is 2.09. The number of imidazole rings is 1. The summed E-state index contributed by atoms with van der Waals surface area (Å²) in [5, 5.41) is 3.09. The Morgan fingerprint density at radius 2 is 2.38 bits per heavy atom. The van der Waals surface area contributed by atoms with E-state index < -0.39 is 0 Å². The highest BCUT2D eigenvalue weighted by Crippen LogP contribution is 1.91. The summed E-state index contributed by atoms with van der Waals surface area (Å²) < 4.78 is 2.04. The molecule has 0 saturated heterocycles. The van der Waals surface area contributed by atoms with Gasteiger partial charge in [0.2, 0.25) is 0 Å². The van der Waals surface area contributed by atoms with E-state index in [4.69, 9.17) is 5.73 Å². The van der Waals surface area contributed by atoms with Crippen LogP contribution in [0.2, 0.25) is 0 Å². The van der Waals surface area contributed by atoms with Gasteiger partial charge in [-0.25, -0.2) is 4.98 Å². The van der Waals surface area contributed by atoms with Crippen molar-refractivity contribution in [3.8, 4) is 0 Å². The van der Waals surface area contributed by atoms with E-state index in [1.54, 1.807) is 6.20 Å². The minimum atomic E-state index is 0.541. The molecule has 0 amide bonds. The van der Waals surface area contributed by atoms with Crippen LogP contribution in [0, 0.1) is 5.92 Å². The number of nitrogens with one attached hydrogen (secondary N) is 1. The Hall–Kier alpha value is -1.52. The Morgan fingerprint density at radius 1 is 1.56 bits per heavy atom. The van der Waals surface area contributed by atoms with Crippen LogP contribution in [0.1, 0.15) is 20.3 Å². The zero-order chi connectivity index (χ0) is 11.8. The van der Waals surface area contributed by atoms with Crippen LogP contribution in [0.3, 0.4) is 0 Å². The monoisotopic (exact) mass is 223 g/mol. The molecule has 0 bridgehead atoms. The molecule has 5 heteroatoms. The zero-order valence-corrected chi connectivity index (χ0v) is 10.1. The largest absolute Gasteiger partial charge is 0.370 e. The molecule has 1 rings (SSSR count). The van der Waals surface area contributed by atoms with Crippen molar-refractivity contribution in [2.75, 3.05) is 13.1 Å². The lowest BCUT2D eigenvalue weighted by molar-refractivity contribution is 0.624. The van der Waals surface area contributed by atoms with Gasteiger partial charge in [0.05, 0.1) is 6.33 Å². The number of nitrogens with zero attached hydrogens (tertiary/aromatic N) is 3. The number of rotatable bonds is 6. The molecule has 16 heavy (non-hydrogen) atoms. The maximum absolute atomic E-state index is 5.70. The van der Waals surface area contributed by atoms with E-state index in [1.807, 2.05) is 17.1 Å². The van der Waals surface area contributed by atoms with Gasteiger partial charge in [0.25, 0.3) is 0 Å². The van der Waals surface area contributed by atoms with Crippen molar-refractivity contribution >= 4 is 5.96 Å².